The van der Waals surface area contributed by atoms with Crippen molar-refractivity contribution < 1.29 is 4.92 Å². The maximum absolute atomic E-state index is 10.8. The first-order chi connectivity index (χ1) is 9.06. The fourth-order valence-electron chi connectivity index (χ4n) is 1.76. The molecule has 0 aliphatic heterocycles. The monoisotopic (exact) mass is 277 g/mol. The number of benzene rings is 1. The van der Waals surface area contributed by atoms with Gasteiger partial charge in [-0.3, -0.25) is 10.1 Å². The average molecular weight is 277 g/mol. The quantitative estimate of drug-likeness (QED) is 0.674. The molecule has 19 heavy (non-hydrogen) atoms. The van der Waals surface area contributed by atoms with E-state index in [4.69, 9.17) is 0 Å². The molecular weight excluding hydrogens is 262 g/mol. The number of thiazole rings is 1. The summed E-state index contributed by atoms with van der Waals surface area (Å²) in [4.78, 5) is 15.9. The summed E-state index contributed by atoms with van der Waals surface area (Å²) in [5.74, 6) is 0. The van der Waals surface area contributed by atoms with Gasteiger partial charge in [-0.15, -0.1) is 11.3 Å². The minimum atomic E-state index is -0.344. The van der Waals surface area contributed by atoms with Gasteiger partial charge in [0.05, 0.1) is 4.92 Å². The molecule has 0 bridgehead atoms. The minimum Gasteiger partial charge on any atom is -0.306 e. The Morgan fingerprint density at radius 1 is 1.37 bits per heavy atom. The van der Waals surface area contributed by atoms with Gasteiger partial charge in [-0.25, -0.2) is 4.98 Å². The predicted molar refractivity (Wildman–Crippen MR) is 75.2 cm³/mol. The molecule has 5 nitrogen and oxygen atoms in total. The Labute approximate surface area is 115 Å². The lowest BCUT2D eigenvalue weighted by molar-refractivity contribution is -0.385. The summed E-state index contributed by atoms with van der Waals surface area (Å²) in [7, 11) is 0. The van der Waals surface area contributed by atoms with Crippen LogP contribution in [-0.2, 0) is 13.1 Å². The number of aryl methyl sites for hydroxylation is 2. The Bertz CT molecular complexity index is 595. The van der Waals surface area contributed by atoms with Gasteiger partial charge in [0.15, 0.2) is 0 Å². The highest BCUT2D eigenvalue weighted by Crippen LogP contribution is 2.19. The van der Waals surface area contributed by atoms with Gasteiger partial charge < -0.3 is 5.32 Å². The lowest BCUT2D eigenvalue weighted by Crippen LogP contribution is -2.12. The first-order valence-corrected chi connectivity index (χ1v) is 6.74. The zero-order chi connectivity index (χ0) is 13.8. The van der Waals surface area contributed by atoms with Crippen LogP contribution in [0.15, 0.2) is 24.4 Å². The summed E-state index contributed by atoms with van der Waals surface area (Å²) in [5.41, 5.74) is 1.76. The van der Waals surface area contributed by atoms with Gasteiger partial charge in [-0.05, 0) is 19.4 Å². The van der Waals surface area contributed by atoms with E-state index in [0.717, 1.165) is 10.6 Å². The van der Waals surface area contributed by atoms with E-state index in [0.29, 0.717) is 18.7 Å². The van der Waals surface area contributed by atoms with Crippen molar-refractivity contribution in [3.63, 3.8) is 0 Å². The summed E-state index contributed by atoms with van der Waals surface area (Å²) in [6.45, 7) is 5.04. The number of aromatic nitrogens is 1. The zero-order valence-corrected chi connectivity index (χ0v) is 11.7. The molecule has 6 heteroatoms. The van der Waals surface area contributed by atoms with Crippen LogP contribution in [0.3, 0.4) is 0 Å². The maximum atomic E-state index is 10.8. The molecule has 0 aliphatic carbocycles. The van der Waals surface area contributed by atoms with Crippen molar-refractivity contribution in [3.05, 3.63) is 55.5 Å². The first kappa shape index (κ1) is 13.6. The summed E-state index contributed by atoms with van der Waals surface area (Å²) in [5, 5.41) is 15.1. The third kappa shape index (κ3) is 3.59. The summed E-state index contributed by atoms with van der Waals surface area (Å²) in [6, 6.07) is 5.31. The van der Waals surface area contributed by atoms with E-state index >= 15 is 0 Å². The lowest BCUT2D eigenvalue weighted by Gasteiger charge is -2.04. The molecule has 0 amide bonds. The number of nitrogens with zero attached hydrogens (tertiary/aromatic N) is 2. The van der Waals surface area contributed by atoms with Crippen LogP contribution < -0.4 is 5.32 Å². The molecule has 0 radical (unpaired) electrons. The van der Waals surface area contributed by atoms with Crippen molar-refractivity contribution in [3.8, 4) is 0 Å². The number of hydrogen-bond acceptors (Lipinski definition) is 5. The Kier molecular flexibility index (Phi) is 4.24. The Balaban J connectivity index is 1.96. The second-order valence-electron chi connectivity index (χ2n) is 4.35. The van der Waals surface area contributed by atoms with Crippen LogP contribution in [-0.4, -0.2) is 9.91 Å². The van der Waals surface area contributed by atoms with Crippen LogP contribution in [0.4, 0.5) is 5.69 Å². The van der Waals surface area contributed by atoms with Crippen molar-refractivity contribution in [2.24, 2.45) is 0 Å². The molecular formula is C13H15N3O2S. The Morgan fingerprint density at radius 2 is 2.16 bits per heavy atom. The fraction of sp³-hybridized carbons (Fsp3) is 0.308. The molecule has 0 saturated carbocycles. The smallest absolute Gasteiger partial charge is 0.272 e. The van der Waals surface area contributed by atoms with Gasteiger partial charge in [-0.2, -0.15) is 0 Å². The molecule has 1 N–H and O–H groups in total. The van der Waals surface area contributed by atoms with E-state index in [1.807, 2.05) is 19.2 Å². The SMILES string of the molecule is Cc1cnc(CNCc2ccc(C)c([N+](=O)[O-])c2)s1. The lowest BCUT2D eigenvalue weighted by atomic mass is 10.1. The van der Waals surface area contributed by atoms with E-state index in [1.54, 1.807) is 30.4 Å². The van der Waals surface area contributed by atoms with Gasteiger partial charge in [0.25, 0.3) is 5.69 Å². The normalized spacial score (nSPS) is 10.6. The maximum Gasteiger partial charge on any atom is 0.272 e. The summed E-state index contributed by atoms with van der Waals surface area (Å²) >= 11 is 1.65. The largest absolute Gasteiger partial charge is 0.306 e. The molecule has 0 saturated heterocycles. The second-order valence-corrected chi connectivity index (χ2v) is 5.67. The fourth-order valence-corrected chi connectivity index (χ4v) is 2.52. The third-order valence-electron chi connectivity index (χ3n) is 2.74. The molecule has 0 spiro atoms. The van der Waals surface area contributed by atoms with E-state index in [2.05, 4.69) is 10.3 Å². The number of nitro groups is 1. The number of nitro benzene ring substituents is 1. The van der Waals surface area contributed by atoms with E-state index in [-0.39, 0.29) is 10.6 Å². The van der Waals surface area contributed by atoms with Gasteiger partial charge in [-0.1, -0.05) is 12.1 Å². The molecule has 0 atom stereocenters. The standard InChI is InChI=1S/C13H15N3O2S/c1-9-3-4-11(5-12(9)16(17)18)7-14-8-13-15-6-10(2)19-13/h3-6,14H,7-8H2,1-2H3. The predicted octanol–water partition coefficient (Wildman–Crippen LogP) is 2.96. The van der Waals surface area contributed by atoms with E-state index < -0.39 is 0 Å². The second kappa shape index (κ2) is 5.90. The van der Waals surface area contributed by atoms with Gasteiger partial charge in [0.1, 0.15) is 5.01 Å². The molecule has 0 unspecified atom stereocenters. The highest BCUT2D eigenvalue weighted by molar-refractivity contribution is 7.11. The van der Waals surface area contributed by atoms with E-state index in [9.17, 15) is 10.1 Å². The third-order valence-corrected chi connectivity index (χ3v) is 3.66. The Morgan fingerprint density at radius 3 is 2.79 bits per heavy atom. The van der Waals surface area contributed by atoms with Crippen molar-refractivity contribution in [1.29, 1.82) is 0 Å². The number of hydrogen-bond donors (Lipinski definition) is 1. The van der Waals surface area contributed by atoms with Crippen LogP contribution in [0.25, 0.3) is 0 Å². The Hall–Kier alpha value is -1.79. The van der Waals surface area contributed by atoms with Crippen LogP contribution in [0.1, 0.15) is 21.0 Å². The van der Waals surface area contributed by atoms with Gasteiger partial charge >= 0.3 is 0 Å². The van der Waals surface area contributed by atoms with Crippen LogP contribution in [0, 0.1) is 24.0 Å². The minimum absolute atomic E-state index is 0.171. The van der Waals surface area contributed by atoms with Gasteiger partial charge in [0.2, 0.25) is 0 Å². The number of rotatable bonds is 5. The molecule has 2 rings (SSSR count). The van der Waals surface area contributed by atoms with Crippen molar-refractivity contribution in [1.82, 2.24) is 10.3 Å². The van der Waals surface area contributed by atoms with E-state index in [1.165, 1.54) is 4.88 Å². The molecule has 2 aromatic rings. The topological polar surface area (TPSA) is 68.1 Å². The molecule has 1 aromatic heterocycles. The highest BCUT2D eigenvalue weighted by atomic mass is 32.1. The average Bonchev–Trinajstić information content (AvgIpc) is 2.77. The van der Waals surface area contributed by atoms with Gasteiger partial charge in [0, 0.05) is 35.8 Å². The highest BCUT2D eigenvalue weighted by Gasteiger charge is 2.10. The molecule has 1 aromatic carbocycles. The summed E-state index contributed by atoms with van der Waals surface area (Å²) < 4.78 is 0. The van der Waals surface area contributed by atoms with Crippen molar-refractivity contribution >= 4 is 17.0 Å². The molecule has 1 heterocycles. The van der Waals surface area contributed by atoms with Crippen LogP contribution in [0.5, 0.6) is 0 Å². The molecule has 100 valence electrons. The van der Waals surface area contributed by atoms with Crippen LogP contribution >= 0.6 is 11.3 Å². The number of nitrogens with one attached hydrogen (secondary N) is 1. The summed E-state index contributed by atoms with van der Waals surface area (Å²) in [6.07, 6.45) is 1.85. The van der Waals surface area contributed by atoms with Crippen molar-refractivity contribution in [2.45, 2.75) is 26.9 Å². The zero-order valence-electron chi connectivity index (χ0n) is 10.8. The van der Waals surface area contributed by atoms with Crippen LogP contribution in [0.2, 0.25) is 0 Å². The molecule has 0 fully saturated rings. The first-order valence-electron chi connectivity index (χ1n) is 5.92. The van der Waals surface area contributed by atoms with Crippen molar-refractivity contribution in [2.75, 3.05) is 0 Å². The molecule has 0 aliphatic rings.